The lowest BCUT2D eigenvalue weighted by Gasteiger charge is -2.15. The van der Waals surface area contributed by atoms with Crippen molar-refractivity contribution in [3.63, 3.8) is 0 Å². The number of aliphatic hydroxyl groups is 1. The molecule has 0 radical (unpaired) electrons. The molecular weight excluding hydrogens is 116 g/mol. The van der Waals surface area contributed by atoms with Crippen molar-refractivity contribution in [2.45, 2.75) is 13.0 Å². The molecule has 0 unspecified atom stereocenters. The van der Waals surface area contributed by atoms with Crippen LogP contribution in [-0.2, 0) is 4.74 Å². The van der Waals surface area contributed by atoms with Crippen LogP contribution >= 0.6 is 0 Å². The van der Waals surface area contributed by atoms with E-state index in [-0.39, 0.29) is 18.6 Å². The van der Waals surface area contributed by atoms with Gasteiger partial charge in [0.15, 0.2) is 0 Å². The van der Waals surface area contributed by atoms with Gasteiger partial charge in [0.2, 0.25) is 0 Å². The zero-order valence-electron chi connectivity index (χ0n) is 6.00. The maximum absolute atomic E-state index is 8.64. The Hall–Kier alpha value is -0.340. The molecule has 2 atom stereocenters. The zero-order valence-corrected chi connectivity index (χ0v) is 6.00. The van der Waals surface area contributed by atoms with Gasteiger partial charge in [0.25, 0.3) is 0 Å². The van der Waals surface area contributed by atoms with Gasteiger partial charge in [-0.25, -0.2) is 0 Å². The smallest absolute Gasteiger partial charge is 0.0796 e. The summed E-state index contributed by atoms with van der Waals surface area (Å²) in [4.78, 5) is 0. The van der Waals surface area contributed by atoms with Gasteiger partial charge in [0, 0.05) is 19.6 Å². The second kappa shape index (κ2) is 4.53. The molecule has 9 heavy (non-hydrogen) atoms. The van der Waals surface area contributed by atoms with E-state index >= 15 is 0 Å². The van der Waals surface area contributed by atoms with Gasteiger partial charge in [0.05, 0.1) is 6.10 Å². The van der Waals surface area contributed by atoms with Crippen molar-refractivity contribution in [3.8, 4) is 0 Å². The van der Waals surface area contributed by atoms with E-state index in [2.05, 4.69) is 6.58 Å². The summed E-state index contributed by atoms with van der Waals surface area (Å²) < 4.78 is 4.97. The summed E-state index contributed by atoms with van der Waals surface area (Å²) in [5.41, 5.74) is 0. The van der Waals surface area contributed by atoms with Gasteiger partial charge < -0.3 is 9.84 Å². The molecule has 0 aliphatic carbocycles. The Morgan fingerprint density at radius 1 is 1.78 bits per heavy atom. The van der Waals surface area contributed by atoms with Crippen molar-refractivity contribution in [3.05, 3.63) is 12.7 Å². The van der Waals surface area contributed by atoms with Crippen molar-refractivity contribution in [2.24, 2.45) is 5.92 Å². The molecule has 2 nitrogen and oxygen atoms in total. The second-order valence-corrected chi connectivity index (χ2v) is 2.10. The molecule has 0 fully saturated rings. The molecule has 1 N–H and O–H groups in total. The average molecular weight is 130 g/mol. The molecule has 0 aromatic rings. The highest BCUT2D eigenvalue weighted by atomic mass is 16.5. The fourth-order valence-electron chi connectivity index (χ4n) is 0.665. The van der Waals surface area contributed by atoms with Crippen molar-refractivity contribution < 1.29 is 9.84 Å². The van der Waals surface area contributed by atoms with E-state index in [1.165, 1.54) is 0 Å². The molecule has 2 heteroatoms. The first-order chi connectivity index (χ1) is 4.26. The lowest BCUT2D eigenvalue weighted by Crippen LogP contribution is -2.20. The first-order valence-corrected chi connectivity index (χ1v) is 3.02. The van der Waals surface area contributed by atoms with Crippen LogP contribution < -0.4 is 0 Å². The minimum Gasteiger partial charge on any atom is -0.396 e. The first kappa shape index (κ1) is 8.66. The molecule has 54 valence electrons. The summed E-state index contributed by atoms with van der Waals surface area (Å²) >= 11 is 0. The molecular formula is C7H14O2. The number of rotatable bonds is 4. The number of ether oxygens (including phenoxy) is 1. The van der Waals surface area contributed by atoms with Gasteiger partial charge >= 0.3 is 0 Å². The SMILES string of the molecule is C=C[C@@H](OC)[C@@H](C)CO. The first-order valence-electron chi connectivity index (χ1n) is 3.02. The van der Waals surface area contributed by atoms with E-state index in [0.29, 0.717) is 0 Å². The van der Waals surface area contributed by atoms with E-state index < -0.39 is 0 Å². The molecule has 0 rings (SSSR count). The third kappa shape index (κ3) is 2.63. The predicted molar refractivity (Wildman–Crippen MR) is 37.2 cm³/mol. The summed E-state index contributed by atoms with van der Waals surface area (Å²) in [6.07, 6.45) is 1.68. The Morgan fingerprint density at radius 2 is 2.33 bits per heavy atom. The van der Waals surface area contributed by atoms with Crippen LogP contribution in [0.2, 0.25) is 0 Å². The molecule has 0 aromatic carbocycles. The summed E-state index contributed by atoms with van der Waals surface area (Å²) in [5.74, 6) is 0.146. The van der Waals surface area contributed by atoms with Crippen LogP contribution in [0.5, 0.6) is 0 Å². The van der Waals surface area contributed by atoms with Gasteiger partial charge in [-0.3, -0.25) is 0 Å². The Morgan fingerprint density at radius 3 is 2.44 bits per heavy atom. The van der Waals surface area contributed by atoms with E-state index in [1.54, 1.807) is 13.2 Å². The van der Waals surface area contributed by atoms with Crippen LogP contribution in [0.3, 0.4) is 0 Å². The highest BCUT2D eigenvalue weighted by Gasteiger charge is 2.10. The summed E-state index contributed by atoms with van der Waals surface area (Å²) in [6, 6.07) is 0. The lowest BCUT2D eigenvalue weighted by molar-refractivity contribution is 0.0669. The Bertz CT molecular complexity index is 81.0. The average Bonchev–Trinajstić information content (AvgIpc) is 1.90. The second-order valence-electron chi connectivity index (χ2n) is 2.10. The highest BCUT2D eigenvalue weighted by Crippen LogP contribution is 2.05. The maximum atomic E-state index is 8.64. The quantitative estimate of drug-likeness (QED) is 0.571. The summed E-state index contributed by atoms with van der Waals surface area (Å²) in [6.45, 7) is 5.62. The van der Waals surface area contributed by atoms with Gasteiger partial charge in [0.1, 0.15) is 0 Å². The fraction of sp³-hybridized carbons (Fsp3) is 0.714. The molecule has 0 aliphatic rings. The molecule has 0 amide bonds. The van der Waals surface area contributed by atoms with Gasteiger partial charge in [-0.1, -0.05) is 13.0 Å². The van der Waals surface area contributed by atoms with Crippen molar-refractivity contribution in [1.29, 1.82) is 0 Å². The van der Waals surface area contributed by atoms with Crippen LogP contribution in [0, 0.1) is 5.92 Å². The monoisotopic (exact) mass is 130 g/mol. The fourth-order valence-corrected chi connectivity index (χ4v) is 0.665. The molecule has 0 aliphatic heterocycles. The predicted octanol–water partition coefficient (Wildman–Crippen LogP) is 0.816. The van der Waals surface area contributed by atoms with Gasteiger partial charge in [-0.15, -0.1) is 6.58 Å². The van der Waals surface area contributed by atoms with Crippen LogP contribution in [0.25, 0.3) is 0 Å². The minimum atomic E-state index is -0.0185. The van der Waals surface area contributed by atoms with Crippen LogP contribution in [0.15, 0.2) is 12.7 Å². The van der Waals surface area contributed by atoms with E-state index in [4.69, 9.17) is 9.84 Å². The molecule has 0 aromatic heterocycles. The largest absolute Gasteiger partial charge is 0.396 e. The Balaban J connectivity index is 3.63. The molecule has 0 bridgehead atoms. The summed E-state index contributed by atoms with van der Waals surface area (Å²) in [7, 11) is 1.61. The Kier molecular flexibility index (Phi) is 4.36. The molecule has 0 saturated heterocycles. The van der Waals surface area contributed by atoms with Crippen molar-refractivity contribution in [1.82, 2.24) is 0 Å². The van der Waals surface area contributed by atoms with Crippen LogP contribution in [0.1, 0.15) is 6.92 Å². The van der Waals surface area contributed by atoms with Gasteiger partial charge in [-0.05, 0) is 0 Å². The van der Waals surface area contributed by atoms with Crippen molar-refractivity contribution in [2.75, 3.05) is 13.7 Å². The van der Waals surface area contributed by atoms with Crippen LogP contribution in [0.4, 0.5) is 0 Å². The number of hydrogen-bond donors (Lipinski definition) is 1. The standard InChI is InChI=1S/C7H14O2/c1-4-7(9-3)6(2)5-8/h4,6-8H,1,5H2,2-3H3/t6-,7+/m0/s1. The number of methoxy groups -OCH3 is 1. The number of hydrogen-bond acceptors (Lipinski definition) is 2. The summed E-state index contributed by atoms with van der Waals surface area (Å²) in [5, 5.41) is 8.64. The highest BCUT2D eigenvalue weighted by molar-refractivity contribution is 4.83. The third-order valence-corrected chi connectivity index (χ3v) is 1.35. The van der Waals surface area contributed by atoms with E-state index in [1.807, 2.05) is 6.92 Å². The minimum absolute atomic E-state index is 0.0185. The van der Waals surface area contributed by atoms with Crippen molar-refractivity contribution >= 4 is 0 Å². The van der Waals surface area contributed by atoms with E-state index in [0.717, 1.165) is 0 Å². The lowest BCUT2D eigenvalue weighted by atomic mass is 10.1. The Labute approximate surface area is 56.1 Å². The number of aliphatic hydroxyl groups excluding tert-OH is 1. The normalized spacial score (nSPS) is 16.8. The molecule has 0 saturated carbocycles. The zero-order chi connectivity index (χ0) is 7.28. The van der Waals surface area contributed by atoms with E-state index in [9.17, 15) is 0 Å². The maximum Gasteiger partial charge on any atom is 0.0796 e. The topological polar surface area (TPSA) is 29.5 Å². The van der Waals surface area contributed by atoms with Gasteiger partial charge in [-0.2, -0.15) is 0 Å². The molecule has 0 heterocycles. The van der Waals surface area contributed by atoms with Crippen LogP contribution in [-0.4, -0.2) is 24.9 Å². The third-order valence-electron chi connectivity index (χ3n) is 1.35. The molecule has 0 spiro atoms.